The van der Waals surface area contributed by atoms with Gasteiger partial charge in [-0.05, 0) is 37.1 Å². The highest BCUT2D eigenvalue weighted by Gasteiger charge is 2.33. The minimum absolute atomic E-state index is 0.248. The Morgan fingerprint density at radius 2 is 1.92 bits per heavy atom. The van der Waals surface area contributed by atoms with Crippen molar-refractivity contribution in [1.29, 1.82) is 5.26 Å². The van der Waals surface area contributed by atoms with Crippen molar-refractivity contribution in [1.82, 2.24) is 0 Å². The summed E-state index contributed by atoms with van der Waals surface area (Å²) in [6, 6.07) is 17.2. The highest BCUT2D eigenvalue weighted by molar-refractivity contribution is 7.85. The molecular formula is C21H19NOS. The van der Waals surface area contributed by atoms with Crippen molar-refractivity contribution in [3.63, 3.8) is 0 Å². The molecule has 0 spiro atoms. The van der Waals surface area contributed by atoms with E-state index in [4.69, 9.17) is 6.42 Å². The molecule has 2 aromatic rings. The van der Waals surface area contributed by atoms with E-state index in [0.29, 0.717) is 21.8 Å². The van der Waals surface area contributed by atoms with Gasteiger partial charge in [0.1, 0.15) is 0 Å². The molecule has 0 bridgehead atoms. The Balaban J connectivity index is 2.60. The molecule has 0 fully saturated rings. The van der Waals surface area contributed by atoms with Gasteiger partial charge >= 0.3 is 0 Å². The van der Waals surface area contributed by atoms with Crippen LogP contribution in [0, 0.1) is 30.6 Å². The molecule has 0 aromatic heterocycles. The first-order chi connectivity index (χ1) is 11.6. The van der Waals surface area contributed by atoms with E-state index in [1.807, 2.05) is 49.4 Å². The van der Waals surface area contributed by atoms with Crippen LogP contribution in [0.1, 0.15) is 24.0 Å². The van der Waals surface area contributed by atoms with E-state index in [0.717, 1.165) is 5.56 Å². The van der Waals surface area contributed by atoms with Gasteiger partial charge in [-0.25, -0.2) is 4.21 Å². The molecule has 2 nitrogen and oxygen atoms in total. The number of rotatable bonds is 6. The summed E-state index contributed by atoms with van der Waals surface area (Å²) in [7, 11) is -1.38. The second kappa shape index (κ2) is 7.77. The van der Waals surface area contributed by atoms with Gasteiger partial charge in [-0.3, -0.25) is 0 Å². The molecule has 2 aromatic carbocycles. The summed E-state index contributed by atoms with van der Waals surface area (Å²) in [5.74, 6) is 2.59. The van der Waals surface area contributed by atoms with Crippen LogP contribution in [0.15, 0.2) is 71.0 Å². The van der Waals surface area contributed by atoms with Gasteiger partial charge in [0.15, 0.2) is 0 Å². The van der Waals surface area contributed by atoms with Crippen molar-refractivity contribution < 1.29 is 4.21 Å². The van der Waals surface area contributed by atoms with E-state index >= 15 is 0 Å². The van der Waals surface area contributed by atoms with E-state index in [2.05, 4.69) is 18.6 Å². The fourth-order valence-electron chi connectivity index (χ4n) is 2.66. The molecule has 0 aliphatic heterocycles. The third kappa shape index (κ3) is 3.48. The zero-order valence-corrected chi connectivity index (χ0v) is 14.5. The van der Waals surface area contributed by atoms with Crippen LogP contribution in [0.4, 0.5) is 0 Å². The second-order valence-electron chi connectivity index (χ2n) is 5.65. The summed E-state index contributed by atoms with van der Waals surface area (Å²) in [6.07, 6.45) is 7.85. The van der Waals surface area contributed by atoms with E-state index in [1.54, 1.807) is 12.1 Å². The van der Waals surface area contributed by atoms with Crippen LogP contribution in [0.25, 0.3) is 0 Å². The minimum Gasteiger partial charge on any atom is -0.249 e. The van der Waals surface area contributed by atoms with E-state index in [1.165, 1.54) is 0 Å². The number of nitriles is 1. The van der Waals surface area contributed by atoms with Gasteiger partial charge in [-0.2, -0.15) is 5.26 Å². The van der Waals surface area contributed by atoms with Crippen LogP contribution in [-0.2, 0) is 16.2 Å². The first-order valence-corrected chi connectivity index (χ1v) is 8.76. The molecule has 1 unspecified atom stereocenters. The monoisotopic (exact) mass is 333 g/mol. The van der Waals surface area contributed by atoms with Crippen molar-refractivity contribution in [2.75, 3.05) is 0 Å². The molecule has 3 heteroatoms. The van der Waals surface area contributed by atoms with Crippen LogP contribution >= 0.6 is 0 Å². The number of hydrogen-bond donors (Lipinski definition) is 0. The van der Waals surface area contributed by atoms with Crippen LogP contribution in [0.5, 0.6) is 0 Å². The molecule has 0 amide bonds. The first-order valence-electron chi connectivity index (χ1n) is 7.61. The van der Waals surface area contributed by atoms with Crippen molar-refractivity contribution in [2.24, 2.45) is 0 Å². The Hall–Kier alpha value is -2.62. The van der Waals surface area contributed by atoms with Crippen molar-refractivity contribution in [3.8, 4) is 18.4 Å². The molecule has 0 saturated carbocycles. The number of terminal acetylenes is 1. The molecule has 2 atom stereocenters. The van der Waals surface area contributed by atoms with E-state index in [-0.39, 0.29) is 6.42 Å². The average Bonchev–Trinajstić information content (AvgIpc) is 2.61. The second-order valence-corrected chi connectivity index (χ2v) is 7.09. The predicted octanol–water partition coefficient (Wildman–Crippen LogP) is 4.52. The smallest absolute Gasteiger partial charge is 0.0976 e. The van der Waals surface area contributed by atoms with Crippen LogP contribution in [0.3, 0.4) is 0 Å². The Bertz CT molecular complexity index is 839. The quantitative estimate of drug-likeness (QED) is 0.576. The number of nitrogens with zero attached hydrogens (tertiary/aromatic N) is 1. The lowest BCUT2D eigenvalue weighted by atomic mass is 9.76. The van der Waals surface area contributed by atoms with Crippen molar-refractivity contribution in [3.05, 3.63) is 72.3 Å². The number of hydrogen-bond acceptors (Lipinski definition) is 2. The molecule has 120 valence electrons. The van der Waals surface area contributed by atoms with Gasteiger partial charge in [-0.15, -0.1) is 18.9 Å². The normalized spacial score (nSPS) is 14.0. The highest BCUT2D eigenvalue weighted by atomic mass is 32.2. The number of aryl methyl sites for hydroxylation is 1. The van der Waals surface area contributed by atoms with E-state index in [9.17, 15) is 9.47 Å². The number of benzene rings is 2. The van der Waals surface area contributed by atoms with Crippen LogP contribution in [0.2, 0.25) is 0 Å². The zero-order chi connectivity index (χ0) is 17.6. The first kappa shape index (κ1) is 17.7. The fourth-order valence-corrected chi connectivity index (χ4v) is 3.96. The summed E-state index contributed by atoms with van der Waals surface area (Å²) in [5, 5.41) is 9.81. The lowest BCUT2D eigenvalue weighted by molar-refractivity contribution is 0.561. The topological polar surface area (TPSA) is 40.9 Å². The molecule has 0 N–H and O–H groups in total. The maximum Gasteiger partial charge on any atom is 0.0976 e. The van der Waals surface area contributed by atoms with Crippen molar-refractivity contribution >= 4 is 10.8 Å². The molecule has 2 rings (SSSR count). The summed E-state index contributed by atoms with van der Waals surface area (Å²) in [6.45, 7) is 5.73. The maximum atomic E-state index is 13.1. The average molecular weight is 333 g/mol. The molecule has 0 heterocycles. The van der Waals surface area contributed by atoms with Crippen molar-refractivity contribution in [2.45, 2.75) is 35.0 Å². The van der Waals surface area contributed by atoms with Gasteiger partial charge < -0.3 is 0 Å². The van der Waals surface area contributed by atoms with Gasteiger partial charge in [0.2, 0.25) is 0 Å². The van der Waals surface area contributed by atoms with E-state index < -0.39 is 16.2 Å². The van der Waals surface area contributed by atoms with Gasteiger partial charge in [0, 0.05) is 16.2 Å². The Labute approximate surface area is 146 Å². The molecular weight excluding hydrogens is 314 g/mol. The molecule has 0 saturated heterocycles. The van der Waals surface area contributed by atoms with Crippen LogP contribution < -0.4 is 0 Å². The largest absolute Gasteiger partial charge is 0.249 e. The Kier molecular flexibility index (Phi) is 5.74. The molecule has 0 aliphatic carbocycles. The minimum atomic E-state index is -1.38. The molecule has 0 aliphatic rings. The fraction of sp³-hybridized carbons (Fsp3) is 0.190. The van der Waals surface area contributed by atoms with Gasteiger partial charge in [-0.1, -0.05) is 42.0 Å². The third-order valence-electron chi connectivity index (χ3n) is 3.95. The van der Waals surface area contributed by atoms with Crippen LogP contribution in [-0.4, -0.2) is 4.21 Å². The number of allylic oxidation sites excluding steroid dienone is 1. The summed E-state index contributed by atoms with van der Waals surface area (Å²) in [5.41, 5.74) is 0.909. The Morgan fingerprint density at radius 3 is 2.50 bits per heavy atom. The molecule has 24 heavy (non-hydrogen) atoms. The third-order valence-corrected chi connectivity index (χ3v) is 5.40. The summed E-state index contributed by atoms with van der Waals surface area (Å²) >= 11 is 0. The Morgan fingerprint density at radius 1 is 1.25 bits per heavy atom. The molecule has 0 radical (unpaired) electrons. The lowest BCUT2D eigenvalue weighted by Gasteiger charge is -2.26. The highest BCUT2D eigenvalue weighted by Crippen LogP contribution is 2.36. The SMILES string of the molecule is C#CC[C@](C#N)(CC=C)c1ccccc1S(=O)c1ccc(C)cc1. The zero-order valence-electron chi connectivity index (χ0n) is 13.7. The predicted molar refractivity (Wildman–Crippen MR) is 97.9 cm³/mol. The van der Waals surface area contributed by atoms with Gasteiger partial charge in [0.05, 0.1) is 22.3 Å². The summed E-state index contributed by atoms with van der Waals surface area (Å²) < 4.78 is 13.1. The lowest BCUT2D eigenvalue weighted by Crippen LogP contribution is -2.25. The maximum absolute atomic E-state index is 13.1. The van der Waals surface area contributed by atoms with Gasteiger partial charge in [0.25, 0.3) is 0 Å². The summed E-state index contributed by atoms with van der Waals surface area (Å²) in [4.78, 5) is 1.33. The standard InChI is InChI=1S/C21H19NOS/c1-4-14-21(16-22,15-5-2)19-8-6-7-9-20(19)24(23)18-12-10-17(3)11-13-18/h1,5-13H,2,14-15H2,3H3/t21-,24?/m1/s1.